The molecule has 1 rings (SSSR count). The van der Waals surface area contributed by atoms with Crippen molar-refractivity contribution in [3.63, 3.8) is 0 Å². The predicted molar refractivity (Wildman–Crippen MR) is 67.0 cm³/mol. The Bertz CT molecular complexity index is 583. The van der Waals surface area contributed by atoms with Crippen molar-refractivity contribution in [2.75, 3.05) is 11.9 Å². The minimum Gasteiger partial charge on any atom is -0.380 e. The first-order valence-corrected chi connectivity index (χ1v) is 5.32. The molecule has 0 radical (unpaired) electrons. The highest BCUT2D eigenvalue weighted by atomic mass is 16.3. The molecule has 98 valence electrons. The van der Waals surface area contributed by atoms with E-state index in [0.29, 0.717) is 11.3 Å². The molecule has 0 saturated heterocycles. The number of rotatable bonds is 4. The summed E-state index contributed by atoms with van der Waals surface area (Å²) in [5.41, 5.74) is 7.58. The fourth-order valence-electron chi connectivity index (χ4n) is 1.27. The Morgan fingerprint density at radius 2 is 2.47 bits per heavy atom. The van der Waals surface area contributed by atoms with Gasteiger partial charge in [-0.2, -0.15) is 5.26 Å². The van der Waals surface area contributed by atoms with E-state index >= 15 is 0 Å². The number of aromatic nitrogens is 1. The molecule has 2 N–H and O–H groups in total. The van der Waals surface area contributed by atoms with Crippen molar-refractivity contribution in [1.82, 2.24) is 4.98 Å². The first-order chi connectivity index (χ1) is 8.90. The molecule has 1 aromatic rings. The Morgan fingerprint density at radius 3 is 3.00 bits per heavy atom. The topological polar surface area (TPSA) is 135 Å². The minimum absolute atomic E-state index is 0.263. The molecule has 0 aliphatic heterocycles. The molecule has 0 bridgehead atoms. The van der Waals surface area contributed by atoms with Crippen molar-refractivity contribution in [1.29, 1.82) is 5.26 Å². The van der Waals surface area contributed by atoms with Gasteiger partial charge in [0.15, 0.2) is 0 Å². The third kappa shape index (κ3) is 3.67. The lowest BCUT2D eigenvalue weighted by Crippen LogP contribution is -2.42. The van der Waals surface area contributed by atoms with Gasteiger partial charge in [0.1, 0.15) is 17.4 Å². The fraction of sp³-hybridized carbons (Fsp3) is 0.364. The van der Waals surface area contributed by atoms with Crippen LogP contribution < -0.4 is 5.32 Å². The number of amides is 1. The molecule has 1 unspecified atom stereocenters. The highest BCUT2D eigenvalue weighted by Crippen LogP contribution is 2.14. The summed E-state index contributed by atoms with van der Waals surface area (Å²) >= 11 is 0. The van der Waals surface area contributed by atoms with Gasteiger partial charge >= 0.3 is 0 Å². The number of hydrogen-bond acceptors (Lipinski definition) is 5. The zero-order chi connectivity index (χ0) is 14.5. The minimum atomic E-state index is -1.81. The monoisotopic (exact) mass is 260 g/mol. The van der Waals surface area contributed by atoms with Crippen LogP contribution in [0.1, 0.15) is 18.2 Å². The third-order valence-electron chi connectivity index (χ3n) is 2.37. The van der Waals surface area contributed by atoms with Crippen LogP contribution >= 0.6 is 0 Å². The summed E-state index contributed by atoms with van der Waals surface area (Å²) in [6.45, 7) is 2.54. The number of aryl methyl sites for hydroxylation is 1. The molecule has 8 nitrogen and oxygen atoms in total. The number of nitrogens with one attached hydrogen (secondary N) is 1. The van der Waals surface area contributed by atoms with E-state index < -0.39 is 11.5 Å². The van der Waals surface area contributed by atoms with Gasteiger partial charge in [-0.15, -0.1) is 0 Å². The summed E-state index contributed by atoms with van der Waals surface area (Å²) in [4.78, 5) is 18.1. The van der Waals surface area contributed by atoms with Gasteiger partial charge in [-0.25, -0.2) is 4.98 Å². The third-order valence-corrected chi connectivity index (χ3v) is 2.37. The highest BCUT2D eigenvalue weighted by molar-refractivity contribution is 5.97. The lowest BCUT2D eigenvalue weighted by molar-refractivity contribution is -0.131. The summed E-state index contributed by atoms with van der Waals surface area (Å²) in [6, 6.07) is 3.47. The molecule has 1 aromatic heterocycles. The Kier molecular flexibility index (Phi) is 4.42. The summed E-state index contributed by atoms with van der Waals surface area (Å²) in [5, 5.41) is 24.1. The molecule has 1 atom stereocenters. The van der Waals surface area contributed by atoms with E-state index in [9.17, 15) is 9.90 Å². The van der Waals surface area contributed by atoms with Crippen molar-refractivity contribution in [3.8, 4) is 6.07 Å². The number of aliphatic hydroxyl groups is 1. The normalized spacial score (nSPS) is 12.7. The standard InChI is InChI=1S/C11H12N6O2/c1-7-3-8(5-14-9(7)4-12)16-10(18)11(2,19)6-15-17-13/h3,5,19H,6H2,1-2H3,(H,16,18). The fourth-order valence-corrected chi connectivity index (χ4v) is 1.27. The van der Waals surface area contributed by atoms with Crippen molar-refractivity contribution in [3.05, 3.63) is 34.0 Å². The molecular weight excluding hydrogens is 248 g/mol. The Labute approximate surface area is 109 Å². The quantitative estimate of drug-likeness (QED) is 0.478. The van der Waals surface area contributed by atoms with Crippen LogP contribution in [0.2, 0.25) is 0 Å². The zero-order valence-corrected chi connectivity index (χ0v) is 10.5. The number of carbonyl (C=O) groups excluding carboxylic acids is 1. The molecule has 1 heterocycles. The largest absolute Gasteiger partial charge is 0.380 e. The van der Waals surface area contributed by atoms with Gasteiger partial charge in [-0.3, -0.25) is 4.79 Å². The Balaban J connectivity index is 2.85. The van der Waals surface area contributed by atoms with E-state index in [2.05, 4.69) is 20.3 Å². The first kappa shape index (κ1) is 14.4. The number of nitriles is 1. The van der Waals surface area contributed by atoms with Crippen LogP contribution in [0, 0.1) is 18.3 Å². The van der Waals surface area contributed by atoms with Crippen LogP contribution in [0.5, 0.6) is 0 Å². The van der Waals surface area contributed by atoms with Crippen LogP contribution in [0.4, 0.5) is 5.69 Å². The van der Waals surface area contributed by atoms with E-state index in [0.717, 1.165) is 0 Å². The molecule has 0 spiro atoms. The van der Waals surface area contributed by atoms with Crippen LogP contribution in [0.25, 0.3) is 10.4 Å². The van der Waals surface area contributed by atoms with Crippen molar-refractivity contribution in [2.24, 2.45) is 5.11 Å². The van der Waals surface area contributed by atoms with Crippen molar-refractivity contribution < 1.29 is 9.90 Å². The maximum Gasteiger partial charge on any atom is 0.256 e. The van der Waals surface area contributed by atoms with Crippen molar-refractivity contribution in [2.45, 2.75) is 19.4 Å². The van der Waals surface area contributed by atoms with Gasteiger partial charge in [0, 0.05) is 4.91 Å². The molecular formula is C11H12N6O2. The van der Waals surface area contributed by atoms with E-state index in [1.165, 1.54) is 13.1 Å². The van der Waals surface area contributed by atoms with Gasteiger partial charge in [-0.05, 0) is 31.0 Å². The van der Waals surface area contributed by atoms with Crippen molar-refractivity contribution >= 4 is 11.6 Å². The molecule has 8 heteroatoms. The summed E-state index contributed by atoms with van der Waals surface area (Å²) in [6.07, 6.45) is 1.31. The van der Waals surface area contributed by atoms with E-state index in [1.807, 2.05) is 6.07 Å². The van der Waals surface area contributed by atoms with Gasteiger partial charge in [-0.1, -0.05) is 5.11 Å². The molecule has 0 aliphatic rings. The molecule has 0 aromatic carbocycles. The van der Waals surface area contributed by atoms with E-state index in [1.54, 1.807) is 13.0 Å². The molecule has 1 amide bonds. The summed E-state index contributed by atoms with van der Waals surface area (Å²) < 4.78 is 0. The SMILES string of the molecule is Cc1cc(NC(=O)C(C)(O)CN=[N+]=[N-])cnc1C#N. The molecule has 0 saturated carbocycles. The number of azide groups is 1. The summed E-state index contributed by atoms with van der Waals surface area (Å²) in [7, 11) is 0. The first-order valence-electron chi connectivity index (χ1n) is 5.32. The maximum absolute atomic E-state index is 11.8. The zero-order valence-electron chi connectivity index (χ0n) is 10.5. The average Bonchev–Trinajstić information content (AvgIpc) is 2.36. The summed E-state index contributed by atoms with van der Waals surface area (Å²) in [5.74, 6) is -0.717. The second-order valence-electron chi connectivity index (χ2n) is 4.12. The second-order valence-corrected chi connectivity index (χ2v) is 4.12. The lowest BCUT2D eigenvalue weighted by atomic mass is 10.1. The highest BCUT2D eigenvalue weighted by Gasteiger charge is 2.29. The van der Waals surface area contributed by atoms with Gasteiger partial charge in [0.2, 0.25) is 0 Å². The number of nitrogens with zero attached hydrogens (tertiary/aromatic N) is 5. The van der Waals surface area contributed by atoms with E-state index in [-0.39, 0.29) is 12.2 Å². The molecule has 0 aliphatic carbocycles. The lowest BCUT2D eigenvalue weighted by Gasteiger charge is -2.19. The Morgan fingerprint density at radius 1 is 1.79 bits per heavy atom. The van der Waals surface area contributed by atoms with Crippen LogP contribution in [0.3, 0.4) is 0 Å². The van der Waals surface area contributed by atoms with Gasteiger partial charge in [0.25, 0.3) is 5.91 Å². The van der Waals surface area contributed by atoms with Gasteiger partial charge < -0.3 is 10.4 Å². The van der Waals surface area contributed by atoms with Gasteiger partial charge in [0.05, 0.1) is 18.4 Å². The second kappa shape index (κ2) is 5.82. The smallest absolute Gasteiger partial charge is 0.256 e. The van der Waals surface area contributed by atoms with E-state index in [4.69, 9.17) is 10.8 Å². The number of pyridine rings is 1. The molecule has 19 heavy (non-hydrogen) atoms. The van der Waals surface area contributed by atoms with Crippen LogP contribution in [0.15, 0.2) is 17.4 Å². The maximum atomic E-state index is 11.8. The number of hydrogen-bond donors (Lipinski definition) is 2. The predicted octanol–water partition coefficient (Wildman–Crippen LogP) is 1.26. The van der Waals surface area contributed by atoms with Crippen LogP contribution in [-0.2, 0) is 4.79 Å². The average molecular weight is 260 g/mol. The Hall–Kier alpha value is -2.62. The number of anilines is 1. The molecule has 0 fully saturated rings. The van der Waals surface area contributed by atoms with Crippen LogP contribution in [-0.4, -0.2) is 28.1 Å². The number of carbonyl (C=O) groups is 1.